The summed E-state index contributed by atoms with van der Waals surface area (Å²) in [5.74, 6) is 0.0160. The van der Waals surface area contributed by atoms with Crippen molar-refractivity contribution < 1.29 is 4.79 Å². The van der Waals surface area contributed by atoms with Crippen LogP contribution in [0.15, 0.2) is 54.6 Å². The molecule has 3 N–H and O–H groups in total. The van der Waals surface area contributed by atoms with E-state index >= 15 is 0 Å². The zero-order valence-corrected chi connectivity index (χ0v) is 11.7. The Morgan fingerprint density at radius 1 is 1.05 bits per heavy atom. The zero-order valence-electron chi connectivity index (χ0n) is 11.7. The third kappa shape index (κ3) is 3.68. The third-order valence-corrected chi connectivity index (χ3v) is 3.37. The van der Waals surface area contributed by atoms with Gasteiger partial charge in [0.2, 0.25) is 5.91 Å². The van der Waals surface area contributed by atoms with Crippen LogP contribution in [0.2, 0.25) is 0 Å². The first-order valence-corrected chi connectivity index (χ1v) is 6.82. The van der Waals surface area contributed by atoms with Crippen LogP contribution in [0.3, 0.4) is 0 Å². The van der Waals surface area contributed by atoms with Crippen molar-refractivity contribution in [3.05, 3.63) is 71.3 Å². The fourth-order valence-corrected chi connectivity index (χ4v) is 2.22. The number of rotatable bonds is 5. The molecule has 1 unspecified atom stereocenters. The van der Waals surface area contributed by atoms with E-state index in [1.54, 1.807) is 0 Å². The van der Waals surface area contributed by atoms with Gasteiger partial charge in [-0.15, -0.1) is 0 Å². The molecule has 0 heterocycles. The minimum atomic E-state index is 0.00809. The van der Waals surface area contributed by atoms with Crippen LogP contribution < -0.4 is 11.1 Å². The van der Waals surface area contributed by atoms with Gasteiger partial charge in [0, 0.05) is 6.54 Å². The van der Waals surface area contributed by atoms with Crippen molar-refractivity contribution in [3.63, 3.8) is 0 Å². The molecule has 3 heteroatoms. The first-order valence-electron chi connectivity index (χ1n) is 6.82. The number of hydrogen-bond donors (Lipinski definition) is 2. The average molecular weight is 268 g/mol. The Hall–Kier alpha value is -2.13. The summed E-state index contributed by atoms with van der Waals surface area (Å²) < 4.78 is 0. The summed E-state index contributed by atoms with van der Waals surface area (Å²) in [5, 5.41) is 3.02. The van der Waals surface area contributed by atoms with Crippen molar-refractivity contribution in [2.45, 2.75) is 25.9 Å². The highest BCUT2D eigenvalue weighted by atomic mass is 16.1. The van der Waals surface area contributed by atoms with Crippen molar-refractivity contribution in [1.82, 2.24) is 5.32 Å². The molecular formula is C17H20N2O. The van der Waals surface area contributed by atoms with Crippen LogP contribution in [-0.2, 0) is 17.8 Å². The quantitative estimate of drug-likeness (QED) is 0.875. The van der Waals surface area contributed by atoms with Gasteiger partial charge in [-0.25, -0.2) is 0 Å². The normalized spacial score (nSPS) is 11.9. The summed E-state index contributed by atoms with van der Waals surface area (Å²) in [6.07, 6.45) is 0.366. The van der Waals surface area contributed by atoms with Crippen LogP contribution in [0.1, 0.15) is 29.7 Å². The van der Waals surface area contributed by atoms with E-state index in [4.69, 9.17) is 5.73 Å². The standard InChI is InChI=1S/C17H20N2O/c1-13(14-7-3-2-4-8-14)19-17(20)11-15-9-5-6-10-16(15)12-18/h2-10,13H,11-12,18H2,1H3,(H,19,20). The molecule has 1 atom stereocenters. The molecule has 2 rings (SSSR count). The minimum absolute atomic E-state index is 0.00809. The molecule has 2 aromatic carbocycles. The molecule has 1 amide bonds. The molecule has 0 fully saturated rings. The van der Waals surface area contributed by atoms with E-state index in [0.29, 0.717) is 13.0 Å². The summed E-state index contributed by atoms with van der Waals surface area (Å²) in [7, 11) is 0. The molecule has 0 spiro atoms. The topological polar surface area (TPSA) is 55.1 Å². The Bertz CT molecular complexity index is 566. The van der Waals surface area contributed by atoms with Crippen molar-refractivity contribution in [2.75, 3.05) is 0 Å². The molecule has 0 saturated carbocycles. The smallest absolute Gasteiger partial charge is 0.224 e. The maximum absolute atomic E-state index is 12.1. The maximum Gasteiger partial charge on any atom is 0.224 e. The molecule has 0 aliphatic carbocycles. The Kier molecular flexibility index (Phi) is 4.91. The van der Waals surface area contributed by atoms with E-state index in [1.165, 1.54) is 0 Å². The van der Waals surface area contributed by atoms with Gasteiger partial charge < -0.3 is 11.1 Å². The van der Waals surface area contributed by atoms with Crippen LogP contribution in [-0.4, -0.2) is 5.91 Å². The van der Waals surface area contributed by atoms with Crippen LogP contribution >= 0.6 is 0 Å². The number of nitrogens with one attached hydrogen (secondary N) is 1. The van der Waals surface area contributed by atoms with E-state index in [0.717, 1.165) is 16.7 Å². The molecule has 3 nitrogen and oxygen atoms in total. The fourth-order valence-electron chi connectivity index (χ4n) is 2.22. The van der Waals surface area contributed by atoms with E-state index in [-0.39, 0.29) is 11.9 Å². The van der Waals surface area contributed by atoms with Gasteiger partial charge in [-0.2, -0.15) is 0 Å². The lowest BCUT2D eigenvalue weighted by atomic mass is 10.0. The molecular weight excluding hydrogens is 248 g/mol. The highest BCUT2D eigenvalue weighted by Crippen LogP contribution is 2.13. The van der Waals surface area contributed by atoms with Crippen LogP contribution in [0.5, 0.6) is 0 Å². The molecule has 0 bridgehead atoms. The van der Waals surface area contributed by atoms with Gasteiger partial charge in [0.25, 0.3) is 0 Å². The molecule has 2 aromatic rings. The molecule has 0 radical (unpaired) electrons. The monoisotopic (exact) mass is 268 g/mol. The number of carbonyl (C=O) groups excluding carboxylic acids is 1. The number of benzene rings is 2. The molecule has 0 aromatic heterocycles. The van der Waals surface area contributed by atoms with Crippen molar-refractivity contribution >= 4 is 5.91 Å². The first kappa shape index (κ1) is 14.3. The molecule has 20 heavy (non-hydrogen) atoms. The number of carbonyl (C=O) groups is 1. The lowest BCUT2D eigenvalue weighted by Gasteiger charge is -2.15. The van der Waals surface area contributed by atoms with Gasteiger partial charge in [0.1, 0.15) is 0 Å². The van der Waals surface area contributed by atoms with Gasteiger partial charge in [0.05, 0.1) is 12.5 Å². The Morgan fingerprint density at radius 2 is 1.65 bits per heavy atom. The van der Waals surface area contributed by atoms with Gasteiger partial charge in [-0.1, -0.05) is 54.6 Å². The summed E-state index contributed by atoms with van der Waals surface area (Å²) in [5.41, 5.74) is 8.81. The van der Waals surface area contributed by atoms with Gasteiger partial charge in [-0.05, 0) is 23.6 Å². The second kappa shape index (κ2) is 6.87. The van der Waals surface area contributed by atoms with Crippen molar-refractivity contribution in [1.29, 1.82) is 0 Å². The SMILES string of the molecule is CC(NC(=O)Cc1ccccc1CN)c1ccccc1. The zero-order chi connectivity index (χ0) is 14.4. The van der Waals surface area contributed by atoms with E-state index in [2.05, 4.69) is 5.32 Å². The molecule has 104 valence electrons. The fraction of sp³-hybridized carbons (Fsp3) is 0.235. The Labute approximate surface area is 119 Å². The Morgan fingerprint density at radius 3 is 2.30 bits per heavy atom. The Balaban J connectivity index is 1.99. The number of nitrogens with two attached hydrogens (primary N) is 1. The van der Waals surface area contributed by atoms with Crippen LogP contribution in [0.4, 0.5) is 0 Å². The van der Waals surface area contributed by atoms with Gasteiger partial charge in [0.15, 0.2) is 0 Å². The molecule has 0 aliphatic heterocycles. The minimum Gasteiger partial charge on any atom is -0.349 e. The first-order chi connectivity index (χ1) is 9.70. The highest BCUT2D eigenvalue weighted by Gasteiger charge is 2.11. The maximum atomic E-state index is 12.1. The highest BCUT2D eigenvalue weighted by molar-refractivity contribution is 5.79. The van der Waals surface area contributed by atoms with E-state index < -0.39 is 0 Å². The third-order valence-electron chi connectivity index (χ3n) is 3.37. The predicted molar refractivity (Wildman–Crippen MR) is 81.0 cm³/mol. The summed E-state index contributed by atoms with van der Waals surface area (Å²) in [6.45, 7) is 2.44. The second-order valence-electron chi connectivity index (χ2n) is 4.85. The largest absolute Gasteiger partial charge is 0.349 e. The molecule has 0 aliphatic rings. The number of amides is 1. The second-order valence-corrected chi connectivity index (χ2v) is 4.85. The van der Waals surface area contributed by atoms with Gasteiger partial charge >= 0.3 is 0 Å². The van der Waals surface area contributed by atoms with Crippen LogP contribution in [0.25, 0.3) is 0 Å². The number of hydrogen-bond acceptors (Lipinski definition) is 2. The molecule has 0 saturated heterocycles. The van der Waals surface area contributed by atoms with E-state index in [9.17, 15) is 4.79 Å². The summed E-state index contributed by atoms with van der Waals surface area (Å²) in [4.78, 5) is 12.1. The average Bonchev–Trinajstić information content (AvgIpc) is 2.48. The summed E-state index contributed by atoms with van der Waals surface area (Å²) >= 11 is 0. The van der Waals surface area contributed by atoms with Crippen molar-refractivity contribution in [3.8, 4) is 0 Å². The lowest BCUT2D eigenvalue weighted by Crippen LogP contribution is -2.28. The van der Waals surface area contributed by atoms with Crippen molar-refractivity contribution in [2.24, 2.45) is 5.73 Å². The summed E-state index contributed by atoms with van der Waals surface area (Å²) in [6, 6.07) is 17.7. The van der Waals surface area contributed by atoms with E-state index in [1.807, 2.05) is 61.5 Å². The lowest BCUT2D eigenvalue weighted by molar-refractivity contribution is -0.121. The van der Waals surface area contributed by atoms with Gasteiger partial charge in [-0.3, -0.25) is 4.79 Å². The predicted octanol–water partition coefficient (Wildman–Crippen LogP) is 2.57. The van der Waals surface area contributed by atoms with Crippen LogP contribution in [0, 0.1) is 0 Å².